The topological polar surface area (TPSA) is 60.9 Å². The Kier molecular flexibility index (Phi) is 2.99. The molecule has 90 valence electrons. The Morgan fingerprint density at radius 3 is 2.76 bits per heavy atom. The molecule has 17 heavy (non-hydrogen) atoms. The third-order valence-electron chi connectivity index (χ3n) is 2.21. The minimum Gasteiger partial charge on any atom is -0.415 e. The summed E-state index contributed by atoms with van der Waals surface area (Å²) >= 11 is 0. The zero-order valence-corrected chi connectivity index (χ0v) is 8.93. The standard InChI is InChI=1S/C10H9F2N3O2/c1-2-15-4-3-6(5-7(15)16)9-13-14-10(17-9)8(11)12/h3-5,8H,2H2,1H3. The van der Waals surface area contributed by atoms with E-state index in [1.54, 1.807) is 12.3 Å². The van der Waals surface area contributed by atoms with Crippen LogP contribution in [0.3, 0.4) is 0 Å². The van der Waals surface area contributed by atoms with Gasteiger partial charge in [-0.05, 0) is 13.0 Å². The fourth-order valence-corrected chi connectivity index (χ4v) is 1.34. The first-order valence-corrected chi connectivity index (χ1v) is 4.94. The fourth-order valence-electron chi connectivity index (χ4n) is 1.34. The molecule has 0 unspecified atom stereocenters. The van der Waals surface area contributed by atoms with Crippen LogP contribution < -0.4 is 5.56 Å². The smallest absolute Gasteiger partial charge is 0.314 e. The minimum atomic E-state index is -2.81. The summed E-state index contributed by atoms with van der Waals surface area (Å²) in [6.07, 6.45) is -1.27. The largest absolute Gasteiger partial charge is 0.415 e. The molecule has 0 bridgehead atoms. The molecule has 0 atom stereocenters. The second-order valence-electron chi connectivity index (χ2n) is 3.29. The van der Waals surface area contributed by atoms with E-state index in [1.165, 1.54) is 10.6 Å². The van der Waals surface area contributed by atoms with Crippen LogP contribution in [0.15, 0.2) is 27.5 Å². The molecule has 0 aliphatic heterocycles. The van der Waals surface area contributed by atoms with E-state index in [9.17, 15) is 13.6 Å². The molecule has 0 aliphatic rings. The number of rotatable bonds is 3. The average Bonchev–Trinajstić information content (AvgIpc) is 2.78. The van der Waals surface area contributed by atoms with Gasteiger partial charge in [-0.15, -0.1) is 10.2 Å². The molecule has 2 rings (SSSR count). The van der Waals surface area contributed by atoms with Crippen LogP contribution in [0.2, 0.25) is 0 Å². The van der Waals surface area contributed by atoms with E-state index in [-0.39, 0.29) is 11.4 Å². The summed E-state index contributed by atoms with van der Waals surface area (Å²) in [4.78, 5) is 11.5. The lowest BCUT2D eigenvalue weighted by molar-refractivity contribution is 0.116. The summed E-state index contributed by atoms with van der Waals surface area (Å²) in [6, 6.07) is 2.83. The molecular weight excluding hydrogens is 232 g/mol. The van der Waals surface area contributed by atoms with Gasteiger partial charge in [-0.25, -0.2) is 0 Å². The van der Waals surface area contributed by atoms with E-state index in [2.05, 4.69) is 10.2 Å². The van der Waals surface area contributed by atoms with Crippen LogP contribution in [-0.2, 0) is 6.54 Å². The van der Waals surface area contributed by atoms with Gasteiger partial charge in [-0.1, -0.05) is 0 Å². The molecule has 0 amide bonds. The Labute approximate surface area is 94.7 Å². The molecule has 0 spiro atoms. The highest BCUT2D eigenvalue weighted by Gasteiger charge is 2.17. The maximum absolute atomic E-state index is 12.2. The lowest BCUT2D eigenvalue weighted by Crippen LogP contribution is -2.17. The average molecular weight is 241 g/mol. The number of aromatic nitrogens is 3. The molecule has 5 nitrogen and oxygen atoms in total. The highest BCUT2D eigenvalue weighted by molar-refractivity contribution is 5.50. The lowest BCUT2D eigenvalue weighted by Gasteiger charge is -2.00. The fraction of sp³-hybridized carbons (Fsp3) is 0.300. The summed E-state index contributed by atoms with van der Waals surface area (Å²) in [5.74, 6) is -0.833. The molecule has 7 heteroatoms. The highest BCUT2D eigenvalue weighted by atomic mass is 19.3. The van der Waals surface area contributed by atoms with Gasteiger partial charge in [0, 0.05) is 24.4 Å². The van der Waals surface area contributed by atoms with Crippen LogP contribution in [0.5, 0.6) is 0 Å². The number of hydrogen-bond donors (Lipinski definition) is 0. The Balaban J connectivity index is 2.39. The van der Waals surface area contributed by atoms with Crippen molar-refractivity contribution in [2.45, 2.75) is 19.9 Å². The van der Waals surface area contributed by atoms with Gasteiger partial charge >= 0.3 is 6.43 Å². The summed E-state index contributed by atoms with van der Waals surface area (Å²) in [6.45, 7) is 2.36. The SMILES string of the molecule is CCn1ccc(-c2nnc(C(F)F)o2)cc1=O. The molecule has 0 aromatic carbocycles. The van der Waals surface area contributed by atoms with E-state index in [1.807, 2.05) is 6.92 Å². The Morgan fingerprint density at radius 1 is 1.47 bits per heavy atom. The Hall–Kier alpha value is -2.05. The maximum Gasteiger partial charge on any atom is 0.314 e. The summed E-state index contributed by atoms with van der Waals surface area (Å²) in [7, 11) is 0. The third-order valence-corrected chi connectivity index (χ3v) is 2.21. The van der Waals surface area contributed by atoms with Crippen molar-refractivity contribution >= 4 is 0 Å². The molecule has 2 aromatic rings. The monoisotopic (exact) mass is 241 g/mol. The number of halogens is 2. The predicted octanol–water partition coefficient (Wildman–Crippen LogP) is 1.86. The number of alkyl halides is 2. The molecule has 0 N–H and O–H groups in total. The van der Waals surface area contributed by atoms with Crippen LogP contribution in [0, 0.1) is 0 Å². The molecule has 0 aliphatic carbocycles. The van der Waals surface area contributed by atoms with Gasteiger partial charge in [-0.3, -0.25) is 4.79 Å². The van der Waals surface area contributed by atoms with E-state index in [4.69, 9.17) is 4.42 Å². The second-order valence-corrected chi connectivity index (χ2v) is 3.29. The molecule has 0 saturated heterocycles. The highest BCUT2D eigenvalue weighted by Crippen LogP contribution is 2.21. The van der Waals surface area contributed by atoms with Crippen molar-refractivity contribution in [3.05, 3.63) is 34.6 Å². The van der Waals surface area contributed by atoms with Crippen molar-refractivity contribution < 1.29 is 13.2 Å². The Morgan fingerprint density at radius 2 is 2.24 bits per heavy atom. The van der Waals surface area contributed by atoms with Crippen molar-refractivity contribution in [3.8, 4) is 11.5 Å². The zero-order valence-electron chi connectivity index (χ0n) is 8.93. The minimum absolute atomic E-state index is 0.0827. The van der Waals surface area contributed by atoms with E-state index >= 15 is 0 Å². The molecule has 0 fully saturated rings. The normalized spacial score (nSPS) is 11.1. The van der Waals surface area contributed by atoms with Gasteiger partial charge in [-0.2, -0.15) is 8.78 Å². The first-order chi connectivity index (χ1) is 8.11. The summed E-state index contributed by atoms with van der Waals surface area (Å²) in [5.41, 5.74) is 0.0842. The first-order valence-electron chi connectivity index (χ1n) is 4.94. The van der Waals surface area contributed by atoms with Crippen LogP contribution >= 0.6 is 0 Å². The number of hydrogen-bond acceptors (Lipinski definition) is 4. The second kappa shape index (κ2) is 4.44. The van der Waals surface area contributed by atoms with Gasteiger partial charge in [0.2, 0.25) is 5.89 Å². The Bertz CT molecular complexity index is 577. The maximum atomic E-state index is 12.2. The quantitative estimate of drug-likeness (QED) is 0.822. The number of nitrogens with zero attached hydrogens (tertiary/aromatic N) is 3. The van der Waals surface area contributed by atoms with Crippen LogP contribution in [0.25, 0.3) is 11.5 Å². The first kappa shape index (κ1) is 11.4. The summed E-state index contributed by atoms with van der Waals surface area (Å²) < 4.78 is 30.7. The van der Waals surface area contributed by atoms with Crippen molar-refractivity contribution in [2.24, 2.45) is 0 Å². The lowest BCUT2D eigenvalue weighted by atomic mass is 10.2. The molecule has 2 heterocycles. The van der Waals surface area contributed by atoms with Crippen molar-refractivity contribution in [1.82, 2.24) is 14.8 Å². The molecule has 2 aromatic heterocycles. The number of aryl methyl sites for hydroxylation is 1. The van der Waals surface area contributed by atoms with Gasteiger partial charge in [0.25, 0.3) is 11.4 Å². The van der Waals surface area contributed by atoms with Crippen LogP contribution in [0.4, 0.5) is 8.78 Å². The van der Waals surface area contributed by atoms with Gasteiger partial charge in [0.1, 0.15) is 0 Å². The van der Waals surface area contributed by atoms with Gasteiger partial charge in [0.05, 0.1) is 0 Å². The van der Waals surface area contributed by atoms with Crippen molar-refractivity contribution in [1.29, 1.82) is 0 Å². The molecule has 0 saturated carbocycles. The molecule has 0 radical (unpaired) electrons. The third kappa shape index (κ3) is 2.22. The van der Waals surface area contributed by atoms with E-state index < -0.39 is 12.3 Å². The van der Waals surface area contributed by atoms with E-state index in [0.29, 0.717) is 12.1 Å². The van der Waals surface area contributed by atoms with Gasteiger partial charge < -0.3 is 8.98 Å². The van der Waals surface area contributed by atoms with E-state index in [0.717, 1.165) is 0 Å². The summed E-state index contributed by atoms with van der Waals surface area (Å²) in [5, 5.41) is 6.65. The van der Waals surface area contributed by atoms with Crippen molar-refractivity contribution in [3.63, 3.8) is 0 Å². The predicted molar refractivity (Wildman–Crippen MR) is 54.6 cm³/mol. The van der Waals surface area contributed by atoms with Gasteiger partial charge in [0.15, 0.2) is 0 Å². The number of pyridine rings is 1. The van der Waals surface area contributed by atoms with Crippen molar-refractivity contribution in [2.75, 3.05) is 0 Å². The molecular formula is C10H9F2N3O2. The van der Waals surface area contributed by atoms with Crippen LogP contribution in [0.1, 0.15) is 19.2 Å². The van der Waals surface area contributed by atoms with Crippen LogP contribution in [-0.4, -0.2) is 14.8 Å². The zero-order chi connectivity index (χ0) is 12.4.